The first-order valence-electron chi connectivity index (χ1n) is 4.41. The molecule has 0 saturated carbocycles. The number of alkyl halides is 3. The molecule has 0 heterocycles. The molecule has 0 atom stereocenters. The van der Waals surface area contributed by atoms with Gasteiger partial charge in [-0.15, -0.1) is 0 Å². The van der Waals surface area contributed by atoms with Gasteiger partial charge in [0.25, 0.3) is 0 Å². The van der Waals surface area contributed by atoms with Crippen molar-refractivity contribution in [1.29, 1.82) is 0 Å². The Balaban J connectivity index is 3.00. The summed E-state index contributed by atoms with van der Waals surface area (Å²) >= 11 is 0. The lowest BCUT2D eigenvalue weighted by Crippen LogP contribution is -2.25. The average molecular weight is 247 g/mol. The molecule has 7 heteroatoms. The number of carbonyl (C=O) groups excluding carboxylic acids is 2. The van der Waals surface area contributed by atoms with E-state index in [0.717, 1.165) is 19.2 Å². The lowest BCUT2D eigenvalue weighted by molar-refractivity contribution is -0.150. The summed E-state index contributed by atoms with van der Waals surface area (Å²) in [7, 11) is 0.956. The Morgan fingerprint density at radius 3 is 2.35 bits per heavy atom. The van der Waals surface area contributed by atoms with Crippen LogP contribution in [0, 0.1) is 0 Å². The summed E-state index contributed by atoms with van der Waals surface area (Å²) in [5.74, 6) is -2.52. The van der Waals surface area contributed by atoms with Crippen LogP contribution in [0.4, 0.5) is 18.9 Å². The van der Waals surface area contributed by atoms with E-state index in [2.05, 4.69) is 4.74 Å². The van der Waals surface area contributed by atoms with E-state index in [-0.39, 0.29) is 0 Å². The fourth-order valence-corrected chi connectivity index (χ4v) is 1.11. The van der Waals surface area contributed by atoms with Gasteiger partial charge < -0.3 is 10.1 Å². The summed E-state index contributed by atoms with van der Waals surface area (Å²) in [5.41, 5.74) is -1.52. The molecule has 0 spiro atoms. The second kappa shape index (κ2) is 4.86. The Morgan fingerprint density at radius 1 is 1.24 bits per heavy atom. The van der Waals surface area contributed by atoms with Crippen molar-refractivity contribution >= 4 is 17.6 Å². The van der Waals surface area contributed by atoms with Gasteiger partial charge in [0.2, 0.25) is 0 Å². The van der Waals surface area contributed by atoms with E-state index < -0.39 is 29.3 Å². The molecule has 1 rings (SSSR count). The van der Waals surface area contributed by atoms with E-state index in [1.807, 2.05) is 5.32 Å². The zero-order chi connectivity index (χ0) is 13.1. The lowest BCUT2D eigenvalue weighted by Gasteiger charge is -2.12. The molecular weight excluding hydrogens is 239 g/mol. The number of hydrogen-bond donors (Lipinski definition) is 1. The van der Waals surface area contributed by atoms with E-state index in [4.69, 9.17) is 0 Å². The van der Waals surface area contributed by atoms with E-state index in [1.165, 1.54) is 12.1 Å². The van der Waals surface area contributed by atoms with Gasteiger partial charge in [-0.3, -0.25) is 4.79 Å². The number of hydrogen-bond acceptors (Lipinski definition) is 3. The Labute approximate surface area is 94.4 Å². The smallest absolute Gasteiger partial charge is 0.418 e. The number of benzene rings is 1. The summed E-state index contributed by atoms with van der Waals surface area (Å²) in [5, 5.41) is 1.83. The third-order valence-electron chi connectivity index (χ3n) is 1.85. The Morgan fingerprint density at radius 2 is 1.82 bits per heavy atom. The molecule has 0 aliphatic heterocycles. The SMILES string of the molecule is COC(=O)C(=O)Nc1ccccc1C(F)(F)F. The number of amides is 1. The van der Waals surface area contributed by atoms with Crippen LogP contribution in [0.15, 0.2) is 24.3 Å². The number of ether oxygens (including phenoxy) is 1. The summed E-state index contributed by atoms with van der Waals surface area (Å²) in [4.78, 5) is 21.8. The van der Waals surface area contributed by atoms with Gasteiger partial charge in [0.15, 0.2) is 0 Å². The number of methoxy groups -OCH3 is 1. The number of nitrogens with one attached hydrogen (secondary N) is 1. The zero-order valence-electron chi connectivity index (χ0n) is 8.67. The van der Waals surface area contributed by atoms with Gasteiger partial charge in [-0.2, -0.15) is 13.2 Å². The Hall–Kier alpha value is -2.05. The first-order valence-corrected chi connectivity index (χ1v) is 4.41. The van der Waals surface area contributed by atoms with Crippen molar-refractivity contribution in [2.24, 2.45) is 0 Å². The second-order valence-corrected chi connectivity index (χ2v) is 2.99. The summed E-state index contributed by atoms with van der Waals surface area (Å²) in [6.07, 6.45) is -4.61. The molecule has 0 aromatic heterocycles. The summed E-state index contributed by atoms with van der Waals surface area (Å²) < 4.78 is 41.6. The van der Waals surface area contributed by atoms with Crippen molar-refractivity contribution in [3.63, 3.8) is 0 Å². The fraction of sp³-hybridized carbons (Fsp3) is 0.200. The number of halogens is 3. The van der Waals surface area contributed by atoms with Crippen molar-refractivity contribution in [1.82, 2.24) is 0 Å². The molecular formula is C10H8F3NO3. The van der Waals surface area contributed by atoms with Crippen LogP contribution in [0.25, 0.3) is 0 Å². The molecule has 0 saturated heterocycles. The zero-order valence-corrected chi connectivity index (χ0v) is 8.67. The lowest BCUT2D eigenvalue weighted by atomic mass is 10.1. The van der Waals surface area contributed by atoms with E-state index in [0.29, 0.717) is 0 Å². The Kier molecular flexibility index (Phi) is 3.72. The van der Waals surface area contributed by atoms with Crippen LogP contribution in [0.3, 0.4) is 0 Å². The minimum absolute atomic E-state index is 0.490. The van der Waals surface area contributed by atoms with E-state index in [9.17, 15) is 22.8 Å². The molecule has 0 unspecified atom stereocenters. The minimum atomic E-state index is -4.61. The van der Waals surface area contributed by atoms with Gasteiger partial charge in [0.05, 0.1) is 18.4 Å². The number of anilines is 1. The maximum absolute atomic E-state index is 12.5. The standard InChI is InChI=1S/C10H8F3NO3/c1-17-9(16)8(15)14-7-5-3-2-4-6(7)10(11,12)13/h2-5H,1H3,(H,14,15). The van der Waals surface area contributed by atoms with Gasteiger partial charge in [-0.25, -0.2) is 4.79 Å². The van der Waals surface area contributed by atoms with Crippen LogP contribution in [0.1, 0.15) is 5.56 Å². The minimum Gasteiger partial charge on any atom is -0.462 e. The third kappa shape index (κ3) is 3.20. The number of para-hydroxylation sites is 1. The number of rotatable bonds is 1. The third-order valence-corrected chi connectivity index (χ3v) is 1.85. The van der Waals surface area contributed by atoms with Crippen LogP contribution in [0.2, 0.25) is 0 Å². The first kappa shape index (κ1) is 13.0. The molecule has 17 heavy (non-hydrogen) atoms. The molecule has 1 N–H and O–H groups in total. The highest BCUT2D eigenvalue weighted by atomic mass is 19.4. The molecule has 1 aromatic carbocycles. The fourth-order valence-electron chi connectivity index (χ4n) is 1.11. The molecule has 92 valence electrons. The average Bonchev–Trinajstić information content (AvgIpc) is 2.27. The molecule has 0 aliphatic carbocycles. The molecule has 0 radical (unpaired) electrons. The normalized spacial score (nSPS) is 10.8. The topological polar surface area (TPSA) is 55.4 Å². The van der Waals surface area contributed by atoms with Crippen LogP contribution in [-0.4, -0.2) is 19.0 Å². The summed E-state index contributed by atoms with van der Waals surface area (Å²) in [6.45, 7) is 0. The van der Waals surface area contributed by atoms with Gasteiger partial charge in [0, 0.05) is 0 Å². The Bertz CT molecular complexity index is 443. The number of carbonyl (C=O) groups is 2. The highest BCUT2D eigenvalue weighted by Crippen LogP contribution is 2.34. The predicted molar refractivity (Wildman–Crippen MR) is 52.1 cm³/mol. The van der Waals surface area contributed by atoms with Crippen molar-refractivity contribution in [2.45, 2.75) is 6.18 Å². The van der Waals surface area contributed by atoms with Gasteiger partial charge in [-0.1, -0.05) is 12.1 Å². The highest BCUT2D eigenvalue weighted by molar-refractivity contribution is 6.37. The maximum atomic E-state index is 12.5. The predicted octanol–water partition coefficient (Wildman–Crippen LogP) is 1.82. The van der Waals surface area contributed by atoms with Gasteiger partial charge >= 0.3 is 18.1 Å². The van der Waals surface area contributed by atoms with E-state index in [1.54, 1.807) is 0 Å². The molecule has 1 aromatic rings. The molecule has 4 nitrogen and oxygen atoms in total. The molecule has 0 fully saturated rings. The first-order chi connectivity index (χ1) is 7.86. The monoisotopic (exact) mass is 247 g/mol. The van der Waals surface area contributed by atoms with Gasteiger partial charge in [0.1, 0.15) is 0 Å². The van der Waals surface area contributed by atoms with Crippen LogP contribution in [-0.2, 0) is 20.5 Å². The van der Waals surface area contributed by atoms with Crippen molar-refractivity contribution in [3.05, 3.63) is 29.8 Å². The largest absolute Gasteiger partial charge is 0.462 e. The van der Waals surface area contributed by atoms with Crippen molar-refractivity contribution in [3.8, 4) is 0 Å². The van der Waals surface area contributed by atoms with Crippen LogP contribution in [0.5, 0.6) is 0 Å². The van der Waals surface area contributed by atoms with Crippen molar-refractivity contribution in [2.75, 3.05) is 12.4 Å². The number of esters is 1. The highest BCUT2D eigenvalue weighted by Gasteiger charge is 2.34. The quantitative estimate of drug-likeness (QED) is 0.608. The second-order valence-electron chi connectivity index (χ2n) is 2.99. The van der Waals surface area contributed by atoms with E-state index >= 15 is 0 Å². The van der Waals surface area contributed by atoms with Crippen molar-refractivity contribution < 1.29 is 27.5 Å². The molecule has 0 bridgehead atoms. The van der Waals surface area contributed by atoms with Gasteiger partial charge in [-0.05, 0) is 12.1 Å². The van der Waals surface area contributed by atoms with Crippen LogP contribution >= 0.6 is 0 Å². The maximum Gasteiger partial charge on any atom is 0.418 e. The molecule has 0 aliphatic rings. The molecule has 1 amide bonds. The van der Waals surface area contributed by atoms with Crippen LogP contribution < -0.4 is 5.32 Å². The summed E-state index contributed by atoms with van der Waals surface area (Å²) in [6, 6.07) is 4.33.